The van der Waals surface area contributed by atoms with E-state index in [-0.39, 0.29) is 0 Å². The molecule has 2 atom stereocenters. The van der Waals surface area contributed by atoms with Crippen molar-refractivity contribution in [3.8, 4) is 11.4 Å². The van der Waals surface area contributed by atoms with Crippen molar-refractivity contribution >= 4 is 5.69 Å². The van der Waals surface area contributed by atoms with E-state index in [9.17, 15) is 0 Å². The number of benzene rings is 1. The van der Waals surface area contributed by atoms with Gasteiger partial charge in [0, 0.05) is 18.2 Å². The molecule has 104 valence electrons. The van der Waals surface area contributed by atoms with E-state index in [0.29, 0.717) is 12.1 Å². The molecular weight excluding hydrogens is 250 g/mol. The van der Waals surface area contributed by atoms with Gasteiger partial charge in [-0.3, -0.25) is 0 Å². The lowest BCUT2D eigenvalue weighted by molar-refractivity contribution is 0.0232. The van der Waals surface area contributed by atoms with Crippen LogP contribution in [-0.2, 0) is 4.74 Å². The summed E-state index contributed by atoms with van der Waals surface area (Å²) in [6.45, 7) is 2.94. The number of hydrogen-bond donors (Lipinski definition) is 1. The molecule has 0 aliphatic carbocycles. The normalized spacial score (nSPS) is 22.4. The smallest absolute Gasteiger partial charge is 0.159 e. The van der Waals surface area contributed by atoms with Crippen LogP contribution in [0.1, 0.15) is 19.8 Å². The van der Waals surface area contributed by atoms with E-state index in [2.05, 4.69) is 22.2 Å². The van der Waals surface area contributed by atoms with Crippen LogP contribution in [0.15, 0.2) is 42.7 Å². The molecule has 20 heavy (non-hydrogen) atoms. The SMILES string of the molecule is CC1CC(Nc2cnc(-c3ccccc3)nc2)CCO1. The molecule has 1 aliphatic rings. The van der Waals surface area contributed by atoms with Gasteiger partial charge in [0.15, 0.2) is 5.82 Å². The Morgan fingerprint density at radius 3 is 2.60 bits per heavy atom. The van der Waals surface area contributed by atoms with Crippen LogP contribution < -0.4 is 5.32 Å². The Labute approximate surface area is 119 Å². The van der Waals surface area contributed by atoms with Crippen LogP contribution in [0.4, 0.5) is 5.69 Å². The molecule has 4 heteroatoms. The van der Waals surface area contributed by atoms with E-state index in [0.717, 1.165) is 36.5 Å². The second-order valence-corrected chi connectivity index (χ2v) is 5.21. The zero-order valence-corrected chi connectivity index (χ0v) is 11.6. The van der Waals surface area contributed by atoms with Crippen molar-refractivity contribution in [1.29, 1.82) is 0 Å². The van der Waals surface area contributed by atoms with Gasteiger partial charge in [0.05, 0.1) is 24.2 Å². The molecule has 2 aromatic rings. The molecule has 1 aliphatic heterocycles. The van der Waals surface area contributed by atoms with E-state index in [1.54, 1.807) is 0 Å². The minimum atomic E-state index is 0.325. The zero-order valence-electron chi connectivity index (χ0n) is 11.6. The standard InChI is InChI=1S/C16H19N3O/c1-12-9-14(7-8-20-12)19-15-10-17-16(18-11-15)13-5-3-2-4-6-13/h2-6,10-12,14,19H,7-9H2,1H3. The first-order valence-electron chi connectivity index (χ1n) is 7.07. The third kappa shape index (κ3) is 3.14. The maximum Gasteiger partial charge on any atom is 0.159 e. The molecule has 0 amide bonds. The highest BCUT2D eigenvalue weighted by Gasteiger charge is 2.19. The van der Waals surface area contributed by atoms with Crippen molar-refractivity contribution in [2.75, 3.05) is 11.9 Å². The minimum Gasteiger partial charge on any atom is -0.380 e. The number of nitrogens with zero attached hydrogens (tertiary/aromatic N) is 2. The molecule has 1 N–H and O–H groups in total. The summed E-state index contributed by atoms with van der Waals surface area (Å²) < 4.78 is 5.55. The van der Waals surface area contributed by atoms with Gasteiger partial charge in [-0.2, -0.15) is 0 Å². The fraction of sp³-hybridized carbons (Fsp3) is 0.375. The van der Waals surface area contributed by atoms with E-state index in [1.807, 2.05) is 42.7 Å². The molecule has 1 aromatic carbocycles. The van der Waals surface area contributed by atoms with Gasteiger partial charge in [-0.1, -0.05) is 30.3 Å². The fourth-order valence-electron chi connectivity index (χ4n) is 2.50. The van der Waals surface area contributed by atoms with Crippen molar-refractivity contribution in [3.63, 3.8) is 0 Å². The Bertz CT molecular complexity index is 541. The average Bonchev–Trinajstić information content (AvgIpc) is 2.49. The lowest BCUT2D eigenvalue weighted by Crippen LogP contribution is -2.32. The lowest BCUT2D eigenvalue weighted by atomic mass is 10.0. The zero-order chi connectivity index (χ0) is 13.8. The molecule has 4 nitrogen and oxygen atoms in total. The molecule has 0 saturated carbocycles. The second-order valence-electron chi connectivity index (χ2n) is 5.21. The van der Waals surface area contributed by atoms with Gasteiger partial charge in [-0.25, -0.2) is 9.97 Å². The van der Waals surface area contributed by atoms with E-state index >= 15 is 0 Å². The first-order valence-corrected chi connectivity index (χ1v) is 7.07. The Morgan fingerprint density at radius 1 is 1.15 bits per heavy atom. The lowest BCUT2D eigenvalue weighted by Gasteiger charge is -2.28. The summed E-state index contributed by atoms with van der Waals surface area (Å²) in [5.41, 5.74) is 2.02. The molecule has 1 saturated heterocycles. The molecule has 1 aromatic heterocycles. The van der Waals surface area contributed by atoms with Crippen molar-refractivity contribution < 1.29 is 4.74 Å². The number of nitrogens with one attached hydrogen (secondary N) is 1. The highest BCUT2D eigenvalue weighted by atomic mass is 16.5. The predicted octanol–water partition coefficient (Wildman–Crippen LogP) is 3.12. The van der Waals surface area contributed by atoms with E-state index in [1.165, 1.54) is 0 Å². The van der Waals surface area contributed by atoms with Crippen molar-refractivity contribution in [2.45, 2.75) is 31.9 Å². The molecule has 0 radical (unpaired) electrons. The highest BCUT2D eigenvalue weighted by molar-refractivity contribution is 5.55. The van der Waals surface area contributed by atoms with Crippen LogP contribution in [0.3, 0.4) is 0 Å². The molecular formula is C16H19N3O. The maximum atomic E-state index is 5.55. The maximum absolute atomic E-state index is 5.55. The Balaban J connectivity index is 1.67. The van der Waals surface area contributed by atoms with Crippen LogP contribution in [-0.4, -0.2) is 28.7 Å². The molecule has 0 bridgehead atoms. The average molecular weight is 269 g/mol. The van der Waals surface area contributed by atoms with Gasteiger partial charge in [-0.15, -0.1) is 0 Å². The molecule has 0 spiro atoms. The van der Waals surface area contributed by atoms with Gasteiger partial charge in [-0.05, 0) is 19.8 Å². The van der Waals surface area contributed by atoms with Gasteiger partial charge < -0.3 is 10.1 Å². The summed E-state index contributed by atoms with van der Waals surface area (Å²) in [7, 11) is 0. The second kappa shape index (κ2) is 6.01. The number of ether oxygens (including phenoxy) is 1. The number of hydrogen-bond acceptors (Lipinski definition) is 4. The van der Waals surface area contributed by atoms with Crippen LogP contribution in [0.5, 0.6) is 0 Å². The Kier molecular flexibility index (Phi) is 3.92. The molecule has 2 unspecified atom stereocenters. The first-order chi connectivity index (χ1) is 9.81. The van der Waals surface area contributed by atoms with Crippen LogP contribution in [0.2, 0.25) is 0 Å². The number of rotatable bonds is 3. The molecule has 1 fully saturated rings. The summed E-state index contributed by atoms with van der Waals surface area (Å²) in [5.74, 6) is 0.761. The quantitative estimate of drug-likeness (QED) is 0.930. The largest absolute Gasteiger partial charge is 0.380 e. The number of aromatic nitrogens is 2. The third-order valence-corrected chi connectivity index (χ3v) is 3.54. The van der Waals surface area contributed by atoms with Crippen LogP contribution in [0.25, 0.3) is 11.4 Å². The van der Waals surface area contributed by atoms with Gasteiger partial charge in [0.1, 0.15) is 0 Å². The first kappa shape index (κ1) is 13.1. The molecule has 3 rings (SSSR count). The van der Waals surface area contributed by atoms with Crippen molar-refractivity contribution in [1.82, 2.24) is 9.97 Å². The summed E-state index contributed by atoms with van der Waals surface area (Å²) in [4.78, 5) is 8.86. The van der Waals surface area contributed by atoms with Gasteiger partial charge >= 0.3 is 0 Å². The third-order valence-electron chi connectivity index (χ3n) is 3.54. The topological polar surface area (TPSA) is 47.0 Å². The highest BCUT2D eigenvalue weighted by Crippen LogP contribution is 2.19. The van der Waals surface area contributed by atoms with Crippen LogP contribution in [0, 0.1) is 0 Å². The monoisotopic (exact) mass is 269 g/mol. The number of anilines is 1. The van der Waals surface area contributed by atoms with E-state index < -0.39 is 0 Å². The summed E-state index contributed by atoms with van der Waals surface area (Å²) in [6.07, 6.45) is 6.10. The summed E-state index contributed by atoms with van der Waals surface area (Å²) >= 11 is 0. The minimum absolute atomic E-state index is 0.325. The predicted molar refractivity (Wildman–Crippen MR) is 79.5 cm³/mol. The summed E-state index contributed by atoms with van der Waals surface area (Å²) in [6, 6.07) is 10.5. The van der Waals surface area contributed by atoms with Crippen molar-refractivity contribution in [3.05, 3.63) is 42.7 Å². The molecule has 2 heterocycles. The van der Waals surface area contributed by atoms with Crippen molar-refractivity contribution in [2.24, 2.45) is 0 Å². The fourth-order valence-corrected chi connectivity index (χ4v) is 2.50. The van der Waals surface area contributed by atoms with Crippen LogP contribution >= 0.6 is 0 Å². The van der Waals surface area contributed by atoms with Gasteiger partial charge in [0.25, 0.3) is 0 Å². The van der Waals surface area contributed by atoms with Gasteiger partial charge in [0.2, 0.25) is 0 Å². The Morgan fingerprint density at radius 2 is 1.90 bits per heavy atom. The summed E-state index contributed by atoms with van der Waals surface area (Å²) in [5, 5.41) is 3.48. The Hall–Kier alpha value is -1.94. The van der Waals surface area contributed by atoms with E-state index in [4.69, 9.17) is 4.74 Å².